The number of aromatic nitrogens is 2. The molecule has 5 aliphatic rings. The second-order valence-corrected chi connectivity index (χ2v) is 12.6. The van der Waals surface area contributed by atoms with Crippen molar-refractivity contribution in [3.8, 4) is 45.0 Å². The van der Waals surface area contributed by atoms with Crippen LogP contribution in [-0.2, 0) is 11.1 Å². The topological polar surface area (TPSA) is 20.2 Å². The highest BCUT2D eigenvalue weighted by atomic mass is 16.5. The highest BCUT2D eigenvalue weighted by Gasteiger charge is 2.70. The molecule has 7 heterocycles. The first-order valence-electron chi connectivity index (χ1n) is 14.7. The van der Waals surface area contributed by atoms with E-state index in [4.69, 9.17) is 4.74 Å². The smallest absolute Gasteiger partial charge is 0.374 e. The minimum absolute atomic E-state index is 0.207. The van der Waals surface area contributed by atoms with Crippen molar-refractivity contribution in [3.05, 3.63) is 138 Å². The molecule has 5 aliphatic heterocycles. The van der Waals surface area contributed by atoms with Crippen LogP contribution in [0.1, 0.15) is 36.1 Å². The molecule has 0 saturated heterocycles. The van der Waals surface area contributed by atoms with Crippen LogP contribution in [0.5, 0.6) is 11.5 Å². The Morgan fingerprint density at radius 3 is 2.12 bits per heavy atom. The third-order valence-corrected chi connectivity index (χ3v) is 10.4. The van der Waals surface area contributed by atoms with Crippen LogP contribution in [0.15, 0.2) is 116 Å². The summed E-state index contributed by atoms with van der Waals surface area (Å²) in [6, 6.07) is 37.9. The van der Waals surface area contributed by atoms with Gasteiger partial charge in [0.2, 0.25) is 5.69 Å². The zero-order valence-corrected chi connectivity index (χ0v) is 23.2. The summed E-state index contributed by atoms with van der Waals surface area (Å²) in [5.41, 5.74) is 14.2. The van der Waals surface area contributed by atoms with E-state index in [-0.39, 0.29) is 5.41 Å². The number of nitrogens with zero attached hydrogens (tertiary/aromatic N) is 3. The van der Waals surface area contributed by atoms with E-state index in [0.717, 1.165) is 11.5 Å². The molecule has 0 aliphatic carbocycles. The van der Waals surface area contributed by atoms with Gasteiger partial charge in [0.25, 0.3) is 5.82 Å². The SMILES string of the molecule is CC1(C)c2cccc3c2N2c4c(ccc5c4C4(c6c(cccc6-c6cccc[n+]64)O5)[n+]4cccc1c42)-c1ccccc1-3. The molecule has 11 rings (SSSR count). The summed E-state index contributed by atoms with van der Waals surface area (Å²) in [6.45, 7) is 4.77. The van der Waals surface area contributed by atoms with Crippen molar-refractivity contribution in [3.63, 3.8) is 0 Å². The molecule has 196 valence electrons. The highest BCUT2D eigenvalue weighted by Crippen LogP contribution is 2.65. The molecule has 4 aromatic carbocycles. The van der Waals surface area contributed by atoms with Gasteiger partial charge in [-0.2, -0.15) is 9.47 Å². The third kappa shape index (κ3) is 2.03. The second-order valence-electron chi connectivity index (χ2n) is 12.6. The normalized spacial score (nSPS) is 19.1. The maximum Gasteiger partial charge on any atom is 0.374 e. The lowest BCUT2D eigenvalue weighted by Crippen LogP contribution is -2.76. The molecule has 0 bridgehead atoms. The number of fused-ring (bicyclic) bond motifs is 5. The molecular formula is C38H25N3O+2. The zero-order valence-electron chi connectivity index (χ0n) is 23.2. The average Bonchev–Trinajstić information content (AvgIpc) is 3.25. The maximum atomic E-state index is 6.88. The van der Waals surface area contributed by atoms with Crippen LogP contribution in [0, 0.1) is 0 Å². The Labute approximate surface area is 243 Å². The van der Waals surface area contributed by atoms with Crippen LogP contribution < -0.4 is 18.8 Å². The van der Waals surface area contributed by atoms with Crippen LogP contribution in [0.4, 0.5) is 17.2 Å². The summed E-state index contributed by atoms with van der Waals surface area (Å²) >= 11 is 0. The first-order valence-corrected chi connectivity index (χ1v) is 14.7. The Hall–Kier alpha value is -5.22. The van der Waals surface area contributed by atoms with Gasteiger partial charge in [0.05, 0.1) is 17.3 Å². The predicted molar refractivity (Wildman–Crippen MR) is 162 cm³/mol. The Morgan fingerprint density at radius 1 is 0.548 bits per heavy atom. The largest absolute Gasteiger partial charge is 0.456 e. The van der Waals surface area contributed by atoms with E-state index in [1.807, 2.05) is 0 Å². The predicted octanol–water partition coefficient (Wildman–Crippen LogP) is 7.72. The Kier molecular flexibility index (Phi) is 3.40. The third-order valence-electron chi connectivity index (χ3n) is 10.4. The van der Waals surface area contributed by atoms with Gasteiger partial charge in [0, 0.05) is 34.2 Å². The maximum absolute atomic E-state index is 6.88. The molecule has 1 unspecified atom stereocenters. The molecule has 2 aromatic heterocycles. The molecule has 42 heavy (non-hydrogen) atoms. The molecule has 1 atom stereocenters. The lowest BCUT2D eigenvalue weighted by molar-refractivity contribution is -0.959. The summed E-state index contributed by atoms with van der Waals surface area (Å²) in [5.74, 6) is 3.06. The summed E-state index contributed by atoms with van der Waals surface area (Å²) < 4.78 is 11.9. The fraction of sp³-hybridized carbons (Fsp3) is 0.105. The van der Waals surface area contributed by atoms with Gasteiger partial charge >= 0.3 is 5.66 Å². The minimum atomic E-state index is -0.634. The standard InChI is InChI=1S/C38H25N3O/c1-37(2)27-14-7-12-24-22-10-3-4-11-23(22)25-18-19-31-33-35(25)41(34(24)27)36-28(37)15-9-21-40(36)38(33)32-26(13-8-17-30(32)42-31)29-16-5-6-20-39(29)38/h3-21H,1-2H3/q+2. The van der Waals surface area contributed by atoms with Crippen LogP contribution in [-0.4, -0.2) is 0 Å². The monoisotopic (exact) mass is 539 g/mol. The number of anilines is 3. The molecule has 0 fully saturated rings. The van der Waals surface area contributed by atoms with Gasteiger partial charge in [-0.3, -0.25) is 0 Å². The van der Waals surface area contributed by atoms with Crippen molar-refractivity contribution in [1.82, 2.24) is 0 Å². The van der Waals surface area contributed by atoms with Gasteiger partial charge in [-0.15, -0.1) is 4.57 Å². The lowest BCUT2D eigenvalue weighted by Gasteiger charge is -2.44. The van der Waals surface area contributed by atoms with Crippen molar-refractivity contribution in [1.29, 1.82) is 0 Å². The van der Waals surface area contributed by atoms with Gasteiger partial charge < -0.3 is 4.74 Å². The van der Waals surface area contributed by atoms with Gasteiger partial charge in [-0.1, -0.05) is 62.4 Å². The Bertz CT molecular complexity index is 2280. The fourth-order valence-corrected chi connectivity index (χ4v) is 8.82. The van der Waals surface area contributed by atoms with E-state index in [1.165, 1.54) is 73.0 Å². The minimum Gasteiger partial charge on any atom is -0.456 e. The van der Waals surface area contributed by atoms with Gasteiger partial charge in [-0.25, -0.2) is 0 Å². The molecule has 1 spiro atoms. The average molecular weight is 540 g/mol. The molecule has 4 heteroatoms. The first kappa shape index (κ1) is 21.5. The van der Waals surface area contributed by atoms with Crippen molar-refractivity contribution < 1.29 is 13.9 Å². The van der Waals surface area contributed by atoms with E-state index in [0.29, 0.717) is 0 Å². The van der Waals surface area contributed by atoms with Gasteiger partial charge in [0.1, 0.15) is 22.7 Å². The Morgan fingerprint density at radius 2 is 1.24 bits per heavy atom. The summed E-state index contributed by atoms with van der Waals surface area (Å²) in [4.78, 5) is 2.57. The highest BCUT2D eigenvalue weighted by molar-refractivity contribution is 6.06. The molecule has 0 N–H and O–H groups in total. The van der Waals surface area contributed by atoms with E-state index in [9.17, 15) is 0 Å². The quantitative estimate of drug-likeness (QED) is 0.184. The number of pyridine rings is 2. The molecule has 6 aromatic rings. The van der Waals surface area contributed by atoms with Crippen molar-refractivity contribution in [2.75, 3.05) is 4.90 Å². The molecule has 0 radical (unpaired) electrons. The Balaban J connectivity index is 1.46. The number of rotatable bonds is 0. The van der Waals surface area contributed by atoms with Crippen molar-refractivity contribution in [2.45, 2.75) is 24.9 Å². The van der Waals surface area contributed by atoms with Gasteiger partial charge in [-0.05, 0) is 53.6 Å². The first-order chi connectivity index (χ1) is 20.6. The second kappa shape index (κ2) is 6.63. The number of hydrogen-bond donors (Lipinski definition) is 0. The van der Waals surface area contributed by atoms with Crippen LogP contribution in [0.2, 0.25) is 0 Å². The number of para-hydroxylation sites is 1. The molecule has 0 amide bonds. The lowest BCUT2D eigenvalue weighted by atomic mass is 9.72. The van der Waals surface area contributed by atoms with Crippen LogP contribution >= 0.6 is 0 Å². The number of ether oxygens (including phenoxy) is 1. The van der Waals surface area contributed by atoms with E-state index < -0.39 is 5.66 Å². The van der Waals surface area contributed by atoms with Crippen molar-refractivity contribution in [2.24, 2.45) is 0 Å². The fourth-order valence-electron chi connectivity index (χ4n) is 8.82. The zero-order chi connectivity index (χ0) is 27.5. The van der Waals surface area contributed by atoms with E-state index >= 15 is 0 Å². The van der Waals surface area contributed by atoms with Crippen LogP contribution in [0.3, 0.4) is 0 Å². The summed E-state index contributed by atoms with van der Waals surface area (Å²) in [7, 11) is 0. The number of benzene rings is 4. The van der Waals surface area contributed by atoms with Gasteiger partial charge in [0.15, 0.2) is 17.4 Å². The number of hydrogen-bond acceptors (Lipinski definition) is 2. The molecular weight excluding hydrogens is 514 g/mol. The summed E-state index contributed by atoms with van der Waals surface area (Å²) in [6.07, 6.45) is 4.55. The molecule has 4 nitrogen and oxygen atoms in total. The summed E-state index contributed by atoms with van der Waals surface area (Å²) in [5, 5.41) is 0. The van der Waals surface area contributed by atoms with E-state index in [2.05, 4.69) is 143 Å². The van der Waals surface area contributed by atoms with E-state index in [1.54, 1.807) is 0 Å². The van der Waals surface area contributed by atoms with Crippen LogP contribution in [0.25, 0.3) is 33.5 Å². The molecule has 0 saturated carbocycles. The van der Waals surface area contributed by atoms with Crippen molar-refractivity contribution >= 4 is 17.2 Å².